The van der Waals surface area contributed by atoms with E-state index in [9.17, 15) is 13.2 Å². The fraction of sp³-hybridized carbons (Fsp3) is 0.364. The molecule has 0 bridgehead atoms. The van der Waals surface area contributed by atoms with Crippen molar-refractivity contribution >= 4 is 38.6 Å². The molecule has 0 radical (unpaired) electrons. The first-order valence-electron chi connectivity index (χ1n) is 5.43. The van der Waals surface area contributed by atoms with Gasteiger partial charge < -0.3 is 4.74 Å². The van der Waals surface area contributed by atoms with Crippen molar-refractivity contribution in [3.05, 3.63) is 28.7 Å². The van der Waals surface area contributed by atoms with Gasteiger partial charge >= 0.3 is 6.09 Å². The number of amides is 1. The molecule has 0 saturated heterocycles. The Morgan fingerprint density at radius 1 is 1.44 bits per heavy atom. The van der Waals surface area contributed by atoms with Crippen molar-refractivity contribution < 1.29 is 17.9 Å². The Labute approximate surface area is 116 Å². The maximum atomic E-state index is 11.7. The molecule has 7 heteroatoms. The Hall–Kier alpha value is -1.08. The van der Waals surface area contributed by atoms with Crippen LogP contribution in [0.3, 0.4) is 0 Å². The number of halogens is 1. The van der Waals surface area contributed by atoms with E-state index in [-0.39, 0.29) is 12.3 Å². The van der Waals surface area contributed by atoms with Crippen LogP contribution in [-0.4, -0.2) is 21.1 Å². The van der Waals surface area contributed by atoms with Crippen LogP contribution >= 0.6 is 15.9 Å². The van der Waals surface area contributed by atoms with E-state index in [1.807, 2.05) is 6.92 Å². The number of carbonyl (C=O) groups excluding carboxylic acids is 1. The second-order valence-electron chi connectivity index (χ2n) is 3.50. The third kappa shape index (κ3) is 4.30. The number of hydrogen-bond acceptors (Lipinski definition) is 4. The molecule has 0 atom stereocenters. The highest BCUT2D eigenvalue weighted by Crippen LogP contribution is 2.20. The van der Waals surface area contributed by atoms with Crippen molar-refractivity contribution in [1.82, 2.24) is 0 Å². The molecule has 0 N–H and O–H groups in total. The van der Waals surface area contributed by atoms with Crippen molar-refractivity contribution in [3.63, 3.8) is 0 Å². The van der Waals surface area contributed by atoms with Crippen molar-refractivity contribution in [2.24, 2.45) is 0 Å². The summed E-state index contributed by atoms with van der Waals surface area (Å²) in [6, 6.07) is 6.44. The van der Waals surface area contributed by atoms with Crippen LogP contribution in [0.25, 0.3) is 0 Å². The molecule has 0 aliphatic heterocycles. The van der Waals surface area contributed by atoms with Gasteiger partial charge in [-0.2, -0.15) is 4.31 Å². The maximum Gasteiger partial charge on any atom is 0.428 e. The molecule has 0 fully saturated rings. The molecule has 0 saturated carbocycles. The number of hydrogen-bond donors (Lipinski definition) is 1. The largest absolute Gasteiger partial charge is 0.448 e. The van der Waals surface area contributed by atoms with E-state index >= 15 is 0 Å². The highest BCUT2D eigenvalue weighted by molar-refractivity contribution is 9.10. The predicted molar refractivity (Wildman–Crippen MR) is 73.2 cm³/mol. The lowest BCUT2D eigenvalue weighted by Gasteiger charge is -2.15. The van der Waals surface area contributed by atoms with Crippen LogP contribution in [0.1, 0.15) is 19.8 Å². The van der Waals surface area contributed by atoms with E-state index in [1.165, 1.54) is 12.1 Å². The van der Waals surface area contributed by atoms with Gasteiger partial charge in [0.1, 0.15) is 0 Å². The molecule has 0 aliphatic rings. The van der Waals surface area contributed by atoms with Crippen molar-refractivity contribution in [2.45, 2.75) is 19.8 Å². The summed E-state index contributed by atoms with van der Waals surface area (Å²) in [6.07, 6.45) is 0.694. The molecule has 0 heterocycles. The van der Waals surface area contributed by atoms with Gasteiger partial charge in [0.25, 0.3) is 0 Å². The molecule has 18 heavy (non-hydrogen) atoms. The van der Waals surface area contributed by atoms with Gasteiger partial charge in [-0.25, -0.2) is 13.2 Å². The zero-order valence-electron chi connectivity index (χ0n) is 9.84. The van der Waals surface area contributed by atoms with Gasteiger partial charge in [0.05, 0.1) is 12.3 Å². The topological polar surface area (TPSA) is 63.7 Å². The summed E-state index contributed by atoms with van der Waals surface area (Å²) in [5.74, 6) is 0. The van der Waals surface area contributed by atoms with E-state index in [0.29, 0.717) is 15.2 Å². The first-order valence-corrected chi connectivity index (χ1v) is 7.35. The zero-order valence-corrected chi connectivity index (χ0v) is 12.3. The predicted octanol–water partition coefficient (Wildman–Crippen LogP) is 2.72. The normalized spacial score (nSPS) is 10.4. The number of unbranched alkanes of at least 4 members (excludes halogenated alkanes) is 1. The first-order chi connectivity index (χ1) is 8.56. The molecule has 0 aliphatic carbocycles. The van der Waals surface area contributed by atoms with Crippen molar-refractivity contribution in [1.29, 1.82) is 0 Å². The van der Waals surface area contributed by atoms with Crippen LogP contribution < -0.4 is 4.31 Å². The van der Waals surface area contributed by atoms with Crippen molar-refractivity contribution in [3.8, 4) is 0 Å². The Bertz CT molecular complexity index is 482. The summed E-state index contributed by atoms with van der Waals surface area (Å²) in [5.41, 5.74) is 0.252. The molecule has 1 aromatic rings. The molecule has 1 rings (SSSR count). The lowest BCUT2D eigenvalue weighted by molar-refractivity contribution is 0.156. The molecule has 1 aromatic carbocycles. The van der Waals surface area contributed by atoms with Gasteiger partial charge in [-0.15, -0.1) is 0 Å². The number of rotatable bonds is 5. The maximum absolute atomic E-state index is 11.7. The van der Waals surface area contributed by atoms with Gasteiger partial charge in [-0.05, 0) is 24.6 Å². The number of ether oxygens (including phenoxy) is 1. The molecular formula is C11H14BrNO4S. The minimum atomic E-state index is -3.07. The second-order valence-corrected chi connectivity index (χ2v) is 5.29. The lowest BCUT2D eigenvalue weighted by Crippen LogP contribution is -2.30. The second kappa shape index (κ2) is 7.38. The number of anilines is 1. The average molecular weight is 336 g/mol. The van der Waals surface area contributed by atoms with Gasteiger partial charge in [0.15, 0.2) is 0 Å². The summed E-state index contributed by atoms with van der Waals surface area (Å²) < 4.78 is 28.5. The Balaban J connectivity index is 2.86. The molecule has 0 unspecified atom stereocenters. The van der Waals surface area contributed by atoms with E-state index in [4.69, 9.17) is 4.74 Å². The molecule has 100 valence electrons. The fourth-order valence-corrected chi connectivity index (χ4v) is 2.13. The molecule has 1 amide bonds. The highest BCUT2D eigenvalue weighted by atomic mass is 79.9. The summed E-state index contributed by atoms with van der Waals surface area (Å²) in [6.45, 7) is 2.16. The van der Waals surface area contributed by atoms with Crippen LogP contribution in [0.15, 0.2) is 28.7 Å². The fourth-order valence-electron chi connectivity index (χ4n) is 1.24. The lowest BCUT2D eigenvalue weighted by atomic mass is 10.3. The minimum Gasteiger partial charge on any atom is -0.448 e. The number of benzene rings is 1. The molecule has 0 spiro atoms. The SMILES string of the molecule is CCCCOC(=O)N(c1cccc(Br)c1)[SH](=O)=O. The standard InChI is InChI=1S/C11H14BrNO4S/c1-2-3-7-17-11(14)13(18(15)16)10-6-4-5-9(12)8-10/h4-6,8,18H,2-3,7H2,1H3. The van der Waals surface area contributed by atoms with Crippen LogP contribution in [0.4, 0.5) is 10.5 Å². The van der Waals surface area contributed by atoms with E-state index in [1.54, 1.807) is 12.1 Å². The summed E-state index contributed by atoms with van der Waals surface area (Å²) in [4.78, 5) is 11.7. The third-order valence-electron chi connectivity index (χ3n) is 2.11. The van der Waals surface area contributed by atoms with E-state index < -0.39 is 17.0 Å². The first kappa shape index (κ1) is 15.0. The number of carbonyl (C=O) groups is 1. The van der Waals surface area contributed by atoms with Gasteiger partial charge in [-0.3, -0.25) is 0 Å². The van der Waals surface area contributed by atoms with Crippen LogP contribution in [0, 0.1) is 0 Å². The Morgan fingerprint density at radius 2 is 2.17 bits per heavy atom. The van der Waals surface area contributed by atoms with Gasteiger partial charge in [0, 0.05) is 4.47 Å². The van der Waals surface area contributed by atoms with E-state index in [0.717, 1.165) is 6.42 Å². The van der Waals surface area contributed by atoms with Crippen LogP contribution in [0.5, 0.6) is 0 Å². The van der Waals surface area contributed by atoms with E-state index in [2.05, 4.69) is 15.9 Å². The number of thiol groups is 1. The monoisotopic (exact) mass is 335 g/mol. The average Bonchev–Trinajstić information content (AvgIpc) is 2.29. The Kier molecular flexibility index (Phi) is 6.14. The molecular weight excluding hydrogens is 322 g/mol. The smallest absolute Gasteiger partial charge is 0.428 e. The van der Waals surface area contributed by atoms with Crippen molar-refractivity contribution in [2.75, 3.05) is 10.9 Å². The molecule has 0 aromatic heterocycles. The number of nitrogens with zero attached hydrogens (tertiary/aromatic N) is 1. The summed E-state index contributed by atoms with van der Waals surface area (Å²) in [5, 5.41) is 0. The van der Waals surface area contributed by atoms with Crippen LogP contribution in [-0.2, 0) is 15.6 Å². The highest BCUT2D eigenvalue weighted by Gasteiger charge is 2.19. The zero-order chi connectivity index (χ0) is 13.5. The minimum absolute atomic E-state index is 0.211. The Morgan fingerprint density at radius 3 is 2.72 bits per heavy atom. The summed E-state index contributed by atoms with van der Waals surface area (Å²) >= 11 is 3.22. The van der Waals surface area contributed by atoms with Gasteiger partial charge in [0.2, 0.25) is 10.9 Å². The quantitative estimate of drug-likeness (QED) is 0.663. The molecule has 5 nitrogen and oxygen atoms in total. The summed E-state index contributed by atoms with van der Waals surface area (Å²) in [7, 11) is -3.07. The third-order valence-corrected chi connectivity index (χ3v) is 3.33. The van der Waals surface area contributed by atoms with Crippen LogP contribution in [0.2, 0.25) is 0 Å². The van der Waals surface area contributed by atoms with Gasteiger partial charge in [-0.1, -0.05) is 35.3 Å².